The van der Waals surface area contributed by atoms with Crippen LogP contribution in [0.2, 0.25) is 0 Å². The molecule has 4 heteroatoms. The van der Waals surface area contributed by atoms with Crippen molar-refractivity contribution in [2.24, 2.45) is 11.8 Å². The first kappa shape index (κ1) is 24.9. The van der Waals surface area contributed by atoms with Crippen LogP contribution in [0.25, 0.3) is 0 Å². The summed E-state index contributed by atoms with van der Waals surface area (Å²) in [5.74, 6) is 1.86. The summed E-state index contributed by atoms with van der Waals surface area (Å²) in [7, 11) is 0. The van der Waals surface area contributed by atoms with Crippen LogP contribution < -0.4 is 21.3 Å². The van der Waals surface area contributed by atoms with Gasteiger partial charge in [0.25, 0.3) is 0 Å². The van der Waals surface area contributed by atoms with Crippen molar-refractivity contribution in [1.29, 1.82) is 0 Å². The van der Waals surface area contributed by atoms with Crippen molar-refractivity contribution in [3.8, 4) is 0 Å². The number of nitrogens with one attached hydrogen (secondary N) is 4. The van der Waals surface area contributed by atoms with Gasteiger partial charge in [-0.15, -0.1) is 0 Å². The van der Waals surface area contributed by atoms with Gasteiger partial charge in [-0.25, -0.2) is 0 Å². The Bertz CT molecular complexity index is 311. The quantitative estimate of drug-likeness (QED) is 0.227. The predicted molar refractivity (Wildman–Crippen MR) is 121 cm³/mol. The van der Waals surface area contributed by atoms with Gasteiger partial charge in [0.05, 0.1) is 0 Å². The highest BCUT2D eigenvalue weighted by Crippen LogP contribution is 2.36. The van der Waals surface area contributed by atoms with E-state index in [4.69, 9.17) is 0 Å². The summed E-state index contributed by atoms with van der Waals surface area (Å²) in [6, 6.07) is 0.685. The minimum absolute atomic E-state index is 0.685. The van der Waals surface area contributed by atoms with E-state index < -0.39 is 0 Å². The highest BCUT2D eigenvalue weighted by Gasteiger charge is 2.35. The Kier molecular flexibility index (Phi) is 16.5. The van der Waals surface area contributed by atoms with E-state index in [0.717, 1.165) is 11.8 Å². The third-order valence-corrected chi connectivity index (χ3v) is 5.79. The summed E-state index contributed by atoms with van der Waals surface area (Å²) in [6.07, 6.45) is 13.2. The zero-order valence-corrected chi connectivity index (χ0v) is 18.8. The Morgan fingerprint density at radius 2 is 1.19 bits per heavy atom. The molecule has 4 N–H and O–H groups in total. The van der Waals surface area contributed by atoms with E-state index in [1.165, 1.54) is 110 Å². The summed E-state index contributed by atoms with van der Waals surface area (Å²) >= 11 is 0. The Labute approximate surface area is 170 Å². The number of hydrogen-bond acceptors (Lipinski definition) is 4. The standard InChI is InChI=1S/C23H50N4/c1-4-6-7-13-24-14-8-9-15-25-19-22-18-23(22)20-26-16-10-11-17-27-21(3)12-5-2/h21-27H,4-20H2,1-3H3/t21?,22-,23-/m1/s1. The van der Waals surface area contributed by atoms with Crippen LogP contribution in [0.15, 0.2) is 0 Å². The monoisotopic (exact) mass is 382 g/mol. The molecule has 1 aliphatic carbocycles. The molecule has 0 spiro atoms. The van der Waals surface area contributed by atoms with Gasteiger partial charge in [0.15, 0.2) is 0 Å². The third kappa shape index (κ3) is 15.4. The molecular formula is C23H50N4. The SMILES string of the molecule is CCCCCNCCCCNC[C@H]1C[C@@H]1CNCCCCNC(C)CCC. The van der Waals surface area contributed by atoms with Crippen molar-refractivity contribution >= 4 is 0 Å². The molecule has 4 nitrogen and oxygen atoms in total. The Morgan fingerprint density at radius 1 is 0.667 bits per heavy atom. The summed E-state index contributed by atoms with van der Waals surface area (Å²) < 4.78 is 0. The molecule has 0 heterocycles. The van der Waals surface area contributed by atoms with Gasteiger partial charge in [0.1, 0.15) is 0 Å². The van der Waals surface area contributed by atoms with Crippen LogP contribution in [-0.4, -0.2) is 51.9 Å². The van der Waals surface area contributed by atoms with Gasteiger partial charge in [0, 0.05) is 6.04 Å². The van der Waals surface area contributed by atoms with Crippen LogP contribution in [0.1, 0.15) is 85.0 Å². The van der Waals surface area contributed by atoms with E-state index in [9.17, 15) is 0 Å². The molecule has 162 valence electrons. The molecule has 27 heavy (non-hydrogen) atoms. The maximum atomic E-state index is 3.67. The average Bonchev–Trinajstić information content (AvgIpc) is 3.41. The van der Waals surface area contributed by atoms with Crippen LogP contribution in [0.4, 0.5) is 0 Å². The fourth-order valence-electron chi connectivity index (χ4n) is 3.77. The topological polar surface area (TPSA) is 48.1 Å². The van der Waals surface area contributed by atoms with Gasteiger partial charge in [-0.1, -0.05) is 33.1 Å². The first-order valence-electron chi connectivity index (χ1n) is 12.1. The summed E-state index contributed by atoms with van der Waals surface area (Å²) in [5.41, 5.74) is 0. The largest absolute Gasteiger partial charge is 0.317 e. The smallest absolute Gasteiger partial charge is 0.00386 e. The molecule has 0 saturated heterocycles. The lowest BCUT2D eigenvalue weighted by atomic mass is 10.2. The fraction of sp³-hybridized carbons (Fsp3) is 1.00. The molecule has 0 bridgehead atoms. The van der Waals surface area contributed by atoms with Crippen LogP contribution in [0.3, 0.4) is 0 Å². The molecule has 1 unspecified atom stereocenters. The van der Waals surface area contributed by atoms with E-state index in [0.29, 0.717) is 6.04 Å². The molecule has 3 atom stereocenters. The molecule has 0 amide bonds. The van der Waals surface area contributed by atoms with Gasteiger partial charge in [0.2, 0.25) is 0 Å². The molecule has 0 aromatic carbocycles. The van der Waals surface area contributed by atoms with Gasteiger partial charge in [-0.3, -0.25) is 0 Å². The van der Waals surface area contributed by atoms with E-state index in [-0.39, 0.29) is 0 Å². The summed E-state index contributed by atoms with van der Waals surface area (Å²) in [6.45, 7) is 15.2. The second kappa shape index (κ2) is 17.9. The molecular weight excluding hydrogens is 332 g/mol. The van der Waals surface area contributed by atoms with Crippen molar-refractivity contribution in [2.45, 2.75) is 91.0 Å². The summed E-state index contributed by atoms with van der Waals surface area (Å²) in [5, 5.41) is 14.5. The van der Waals surface area contributed by atoms with Crippen LogP contribution in [-0.2, 0) is 0 Å². The molecule has 1 aliphatic rings. The third-order valence-electron chi connectivity index (χ3n) is 5.79. The first-order valence-corrected chi connectivity index (χ1v) is 12.1. The molecule has 0 aromatic rings. The highest BCUT2D eigenvalue weighted by atomic mass is 14.9. The van der Waals surface area contributed by atoms with Gasteiger partial charge < -0.3 is 21.3 Å². The summed E-state index contributed by atoms with van der Waals surface area (Å²) in [4.78, 5) is 0. The molecule has 0 aliphatic heterocycles. The molecule has 1 saturated carbocycles. The molecule has 1 fully saturated rings. The minimum Gasteiger partial charge on any atom is -0.317 e. The van der Waals surface area contributed by atoms with Gasteiger partial charge in [-0.2, -0.15) is 0 Å². The lowest BCUT2D eigenvalue weighted by molar-refractivity contribution is 0.486. The van der Waals surface area contributed by atoms with Crippen molar-refractivity contribution < 1.29 is 0 Å². The van der Waals surface area contributed by atoms with Crippen LogP contribution >= 0.6 is 0 Å². The van der Waals surface area contributed by atoms with E-state index >= 15 is 0 Å². The Hall–Kier alpha value is -0.160. The van der Waals surface area contributed by atoms with Crippen molar-refractivity contribution in [3.63, 3.8) is 0 Å². The first-order chi connectivity index (χ1) is 13.3. The molecule has 0 radical (unpaired) electrons. The predicted octanol–water partition coefficient (Wildman–Crippen LogP) is 3.92. The van der Waals surface area contributed by atoms with E-state index in [2.05, 4.69) is 42.0 Å². The van der Waals surface area contributed by atoms with Gasteiger partial charge >= 0.3 is 0 Å². The van der Waals surface area contributed by atoms with Gasteiger partial charge in [-0.05, 0) is 110 Å². The maximum Gasteiger partial charge on any atom is 0.00386 e. The van der Waals surface area contributed by atoms with E-state index in [1.807, 2.05) is 0 Å². The lowest BCUT2D eigenvalue weighted by Crippen LogP contribution is -2.27. The average molecular weight is 383 g/mol. The molecule has 0 aromatic heterocycles. The Morgan fingerprint density at radius 3 is 1.74 bits per heavy atom. The second-order valence-corrected chi connectivity index (χ2v) is 8.68. The number of hydrogen-bond donors (Lipinski definition) is 4. The normalized spacial score (nSPS) is 20.1. The fourth-order valence-corrected chi connectivity index (χ4v) is 3.77. The van der Waals surface area contributed by atoms with Crippen LogP contribution in [0.5, 0.6) is 0 Å². The molecule has 1 rings (SSSR count). The zero-order valence-electron chi connectivity index (χ0n) is 18.8. The second-order valence-electron chi connectivity index (χ2n) is 8.68. The zero-order chi connectivity index (χ0) is 19.6. The lowest BCUT2D eigenvalue weighted by Gasteiger charge is -2.12. The van der Waals surface area contributed by atoms with Crippen LogP contribution in [0, 0.1) is 11.8 Å². The van der Waals surface area contributed by atoms with Crippen molar-refractivity contribution in [2.75, 3.05) is 45.8 Å². The maximum absolute atomic E-state index is 3.67. The highest BCUT2D eigenvalue weighted by molar-refractivity contribution is 4.89. The van der Waals surface area contributed by atoms with E-state index in [1.54, 1.807) is 0 Å². The number of unbranched alkanes of at least 4 members (excludes halogenated alkanes) is 4. The Balaban J connectivity index is 1.74. The van der Waals surface area contributed by atoms with Crippen molar-refractivity contribution in [1.82, 2.24) is 21.3 Å². The number of rotatable bonds is 21. The minimum atomic E-state index is 0.685. The van der Waals surface area contributed by atoms with Crippen molar-refractivity contribution in [3.05, 3.63) is 0 Å².